The van der Waals surface area contributed by atoms with Crippen molar-refractivity contribution in [2.45, 2.75) is 26.4 Å². The number of ether oxygens (including phenoxy) is 1. The summed E-state index contributed by atoms with van der Waals surface area (Å²) in [6, 6.07) is 16.9. The first-order valence-corrected chi connectivity index (χ1v) is 7.82. The van der Waals surface area contributed by atoms with Gasteiger partial charge in [-0.3, -0.25) is 4.90 Å². The van der Waals surface area contributed by atoms with Gasteiger partial charge in [0.15, 0.2) is 0 Å². The number of carbonyl (C=O) groups is 1. The average Bonchev–Trinajstić information content (AvgIpc) is 2.56. The summed E-state index contributed by atoms with van der Waals surface area (Å²) < 4.78 is 5.43. The molecule has 0 unspecified atom stereocenters. The molecule has 0 radical (unpaired) electrons. The smallest absolute Gasteiger partial charge is 0.414 e. The molecule has 116 valence electrons. The van der Waals surface area contributed by atoms with Crippen molar-refractivity contribution in [1.82, 2.24) is 0 Å². The molecule has 0 bridgehead atoms. The fourth-order valence-electron chi connectivity index (χ4n) is 2.06. The number of nitrogens with zero attached hydrogens (tertiary/aromatic N) is 1. The van der Waals surface area contributed by atoms with E-state index in [1.165, 1.54) is 0 Å². The lowest BCUT2D eigenvalue weighted by Gasteiger charge is -2.22. The van der Waals surface area contributed by atoms with Gasteiger partial charge in [-0.05, 0) is 36.2 Å². The topological polar surface area (TPSA) is 29.5 Å². The minimum Gasteiger partial charge on any atom is -0.444 e. The molecule has 0 aliphatic carbocycles. The van der Waals surface area contributed by atoms with Gasteiger partial charge in [0.25, 0.3) is 0 Å². The van der Waals surface area contributed by atoms with Crippen LogP contribution in [0.1, 0.15) is 25.3 Å². The molecule has 4 heteroatoms. The van der Waals surface area contributed by atoms with E-state index in [1.54, 1.807) is 17.0 Å². The van der Waals surface area contributed by atoms with E-state index in [-0.39, 0.29) is 12.7 Å². The Morgan fingerprint density at radius 3 is 2.41 bits per heavy atom. The van der Waals surface area contributed by atoms with Gasteiger partial charge < -0.3 is 4.74 Å². The lowest BCUT2D eigenvalue weighted by Crippen LogP contribution is -2.32. The van der Waals surface area contributed by atoms with Gasteiger partial charge in [0.1, 0.15) is 6.61 Å². The molecule has 0 fully saturated rings. The summed E-state index contributed by atoms with van der Waals surface area (Å²) in [6.07, 6.45) is 1.60. The molecule has 0 aliphatic rings. The third-order valence-corrected chi connectivity index (χ3v) is 3.55. The van der Waals surface area contributed by atoms with E-state index in [0.717, 1.165) is 24.1 Å². The van der Waals surface area contributed by atoms with Crippen LogP contribution in [0.15, 0.2) is 54.6 Å². The Hall–Kier alpha value is -2.00. The zero-order valence-electron chi connectivity index (χ0n) is 12.7. The summed E-state index contributed by atoms with van der Waals surface area (Å²) in [5.41, 5.74) is 1.78. The number of amides is 1. The molecule has 22 heavy (non-hydrogen) atoms. The number of rotatable bonds is 6. The summed E-state index contributed by atoms with van der Waals surface area (Å²) in [7, 11) is 0. The molecule has 0 aromatic heterocycles. The highest BCUT2D eigenvalue weighted by molar-refractivity contribution is 6.30. The Morgan fingerprint density at radius 2 is 1.77 bits per heavy atom. The minimum atomic E-state index is -0.334. The summed E-state index contributed by atoms with van der Waals surface area (Å²) in [5.74, 6) is 0. The van der Waals surface area contributed by atoms with Crippen molar-refractivity contribution in [2.75, 3.05) is 11.4 Å². The van der Waals surface area contributed by atoms with Crippen LogP contribution in [0.3, 0.4) is 0 Å². The van der Waals surface area contributed by atoms with Crippen LogP contribution in [0, 0.1) is 0 Å². The predicted molar refractivity (Wildman–Crippen MR) is 90.3 cm³/mol. The van der Waals surface area contributed by atoms with E-state index in [1.807, 2.05) is 42.5 Å². The van der Waals surface area contributed by atoms with Crippen molar-refractivity contribution in [3.05, 3.63) is 65.2 Å². The van der Waals surface area contributed by atoms with E-state index in [2.05, 4.69) is 6.92 Å². The quantitative estimate of drug-likeness (QED) is 0.725. The molecular formula is C18H20ClNO2. The fraction of sp³-hybridized carbons (Fsp3) is 0.278. The molecule has 0 saturated heterocycles. The summed E-state index contributed by atoms with van der Waals surface area (Å²) in [5, 5.41) is 0.650. The second-order valence-electron chi connectivity index (χ2n) is 5.02. The highest BCUT2D eigenvalue weighted by Crippen LogP contribution is 2.20. The maximum atomic E-state index is 12.4. The van der Waals surface area contributed by atoms with Gasteiger partial charge in [0.2, 0.25) is 0 Å². The lowest BCUT2D eigenvalue weighted by atomic mass is 10.2. The fourth-order valence-corrected chi connectivity index (χ4v) is 2.19. The van der Waals surface area contributed by atoms with Crippen LogP contribution in [-0.2, 0) is 11.3 Å². The van der Waals surface area contributed by atoms with Crippen LogP contribution in [0.25, 0.3) is 0 Å². The summed E-state index contributed by atoms with van der Waals surface area (Å²) >= 11 is 5.91. The number of carbonyl (C=O) groups excluding carboxylic acids is 1. The van der Waals surface area contributed by atoms with Crippen LogP contribution in [0.5, 0.6) is 0 Å². The monoisotopic (exact) mass is 317 g/mol. The van der Waals surface area contributed by atoms with Crippen molar-refractivity contribution < 1.29 is 9.53 Å². The molecule has 2 aromatic carbocycles. The van der Waals surface area contributed by atoms with Gasteiger partial charge in [-0.2, -0.15) is 0 Å². The zero-order chi connectivity index (χ0) is 15.8. The van der Waals surface area contributed by atoms with Crippen LogP contribution < -0.4 is 4.90 Å². The van der Waals surface area contributed by atoms with Crippen molar-refractivity contribution >= 4 is 23.4 Å². The second kappa shape index (κ2) is 8.44. The number of unbranched alkanes of at least 4 members (excludes halogenated alkanes) is 1. The van der Waals surface area contributed by atoms with Crippen molar-refractivity contribution in [3.8, 4) is 0 Å². The first-order chi connectivity index (χ1) is 10.7. The molecule has 3 nitrogen and oxygen atoms in total. The molecule has 0 N–H and O–H groups in total. The Kier molecular flexibility index (Phi) is 6.28. The van der Waals surface area contributed by atoms with E-state index in [0.29, 0.717) is 11.6 Å². The van der Waals surface area contributed by atoms with Gasteiger partial charge in [-0.15, -0.1) is 0 Å². The van der Waals surface area contributed by atoms with Crippen LogP contribution >= 0.6 is 11.6 Å². The van der Waals surface area contributed by atoms with E-state index >= 15 is 0 Å². The van der Waals surface area contributed by atoms with Crippen LogP contribution in [0.4, 0.5) is 10.5 Å². The standard InChI is InChI=1S/C18H20ClNO2/c1-2-3-13-20(17-11-9-16(19)10-12-17)18(21)22-14-15-7-5-4-6-8-15/h4-12H,2-3,13-14H2,1H3. The van der Waals surface area contributed by atoms with Crippen molar-refractivity contribution in [2.24, 2.45) is 0 Å². The van der Waals surface area contributed by atoms with E-state index in [4.69, 9.17) is 16.3 Å². The Balaban J connectivity index is 2.04. The van der Waals surface area contributed by atoms with Gasteiger partial charge in [0.05, 0.1) is 0 Å². The first-order valence-electron chi connectivity index (χ1n) is 7.44. The molecule has 0 spiro atoms. The number of halogens is 1. The Morgan fingerprint density at radius 1 is 1.09 bits per heavy atom. The molecule has 0 saturated carbocycles. The van der Waals surface area contributed by atoms with Crippen LogP contribution in [-0.4, -0.2) is 12.6 Å². The number of anilines is 1. The van der Waals surface area contributed by atoms with E-state index < -0.39 is 0 Å². The minimum absolute atomic E-state index is 0.274. The van der Waals surface area contributed by atoms with Crippen molar-refractivity contribution in [3.63, 3.8) is 0 Å². The van der Waals surface area contributed by atoms with E-state index in [9.17, 15) is 4.79 Å². The van der Waals surface area contributed by atoms with Crippen molar-refractivity contribution in [1.29, 1.82) is 0 Å². The molecule has 0 heterocycles. The average molecular weight is 318 g/mol. The summed E-state index contributed by atoms with van der Waals surface area (Å²) in [6.45, 7) is 3.00. The molecule has 0 aliphatic heterocycles. The highest BCUT2D eigenvalue weighted by atomic mass is 35.5. The maximum absolute atomic E-state index is 12.4. The van der Waals surface area contributed by atoms with Gasteiger partial charge in [0, 0.05) is 17.3 Å². The largest absolute Gasteiger partial charge is 0.444 e. The van der Waals surface area contributed by atoms with Gasteiger partial charge in [-0.1, -0.05) is 55.3 Å². The third kappa shape index (κ3) is 4.78. The van der Waals surface area contributed by atoms with Gasteiger partial charge >= 0.3 is 6.09 Å². The third-order valence-electron chi connectivity index (χ3n) is 3.30. The molecular weight excluding hydrogens is 298 g/mol. The highest BCUT2D eigenvalue weighted by Gasteiger charge is 2.16. The molecule has 2 aromatic rings. The lowest BCUT2D eigenvalue weighted by molar-refractivity contribution is 0.147. The predicted octanol–water partition coefficient (Wildman–Crippen LogP) is 5.28. The number of benzene rings is 2. The Labute approximate surface area is 136 Å². The normalized spacial score (nSPS) is 10.3. The maximum Gasteiger partial charge on any atom is 0.414 e. The molecule has 1 amide bonds. The second-order valence-corrected chi connectivity index (χ2v) is 5.46. The molecule has 2 rings (SSSR count). The zero-order valence-corrected chi connectivity index (χ0v) is 13.4. The Bertz CT molecular complexity index is 584. The van der Waals surface area contributed by atoms with Crippen LogP contribution in [0.2, 0.25) is 5.02 Å². The van der Waals surface area contributed by atoms with Gasteiger partial charge in [-0.25, -0.2) is 4.79 Å². The number of hydrogen-bond donors (Lipinski definition) is 0. The SMILES string of the molecule is CCCCN(C(=O)OCc1ccccc1)c1ccc(Cl)cc1. The number of hydrogen-bond acceptors (Lipinski definition) is 2. The first kappa shape index (κ1) is 16.4. The summed E-state index contributed by atoms with van der Waals surface area (Å²) in [4.78, 5) is 14.0. The molecule has 0 atom stereocenters.